The molecule has 4 nitrogen and oxygen atoms in total. The van der Waals surface area contributed by atoms with Gasteiger partial charge in [0.15, 0.2) is 5.82 Å². The van der Waals surface area contributed by atoms with E-state index < -0.39 is 0 Å². The predicted molar refractivity (Wildman–Crippen MR) is 250 cm³/mol. The van der Waals surface area contributed by atoms with Crippen molar-refractivity contribution in [2.75, 3.05) is 0 Å². The van der Waals surface area contributed by atoms with Crippen molar-refractivity contribution in [3.05, 3.63) is 218 Å². The van der Waals surface area contributed by atoms with Crippen LogP contribution in [0.15, 0.2) is 218 Å². The standard InChI is InChI=1S/C56H36N4/c1-4-17-37(18-5-1)39-22-16-23-41(31-39)56-57-50(38-19-6-2-7-20-38)35-51(58-56)47-33-43(32-40-21-10-11-26-44(40)47)60-53-30-15-13-28-46(53)49-34-48-45-27-12-14-29-52(45)59(54(48)36-55(49)60)42-24-8-3-9-25-42/h1-36H. The van der Waals surface area contributed by atoms with Crippen LogP contribution in [0, 0.1) is 0 Å². The van der Waals surface area contributed by atoms with Gasteiger partial charge in [-0.15, -0.1) is 0 Å². The fourth-order valence-electron chi connectivity index (χ4n) is 9.14. The molecule has 4 heteroatoms. The fourth-order valence-corrected chi connectivity index (χ4v) is 9.14. The van der Waals surface area contributed by atoms with Crippen molar-refractivity contribution in [1.82, 2.24) is 19.1 Å². The maximum Gasteiger partial charge on any atom is 0.160 e. The lowest BCUT2D eigenvalue weighted by Crippen LogP contribution is -1.99. The van der Waals surface area contributed by atoms with Gasteiger partial charge in [-0.25, -0.2) is 9.97 Å². The van der Waals surface area contributed by atoms with Crippen LogP contribution in [0.25, 0.3) is 111 Å². The first-order chi connectivity index (χ1) is 29.7. The molecule has 3 aromatic heterocycles. The lowest BCUT2D eigenvalue weighted by atomic mass is 9.98. The minimum atomic E-state index is 0.687. The molecule has 0 unspecified atom stereocenters. The predicted octanol–water partition coefficient (Wildman–Crippen LogP) is 14.5. The second kappa shape index (κ2) is 13.8. The SMILES string of the molecule is c1ccc(-c2cccc(-c3nc(-c4ccccc4)cc(-c4cc(-n5c6ccccc6c6cc7c8ccccc8n(-c8ccccc8)c7cc65)cc5ccccc45)n3)c2)cc1. The normalized spacial score (nSPS) is 11.7. The molecular weight excluding hydrogens is 729 g/mol. The molecule has 9 aromatic carbocycles. The van der Waals surface area contributed by atoms with E-state index in [1.54, 1.807) is 0 Å². The molecule has 280 valence electrons. The summed E-state index contributed by atoms with van der Waals surface area (Å²) in [4.78, 5) is 10.6. The highest BCUT2D eigenvalue weighted by Gasteiger charge is 2.20. The summed E-state index contributed by atoms with van der Waals surface area (Å²) in [6, 6.07) is 78.0. The van der Waals surface area contributed by atoms with E-state index in [1.807, 2.05) is 6.07 Å². The van der Waals surface area contributed by atoms with Crippen molar-refractivity contribution in [3.63, 3.8) is 0 Å². The number of fused-ring (bicyclic) bond motifs is 7. The van der Waals surface area contributed by atoms with Gasteiger partial charge in [0, 0.05) is 49.6 Å². The van der Waals surface area contributed by atoms with Gasteiger partial charge in [-0.1, -0.05) is 158 Å². The van der Waals surface area contributed by atoms with Crippen molar-refractivity contribution >= 4 is 54.4 Å². The highest BCUT2D eigenvalue weighted by molar-refractivity contribution is 6.19. The van der Waals surface area contributed by atoms with E-state index in [0.717, 1.165) is 72.4 Å². The van der Waals surface area contributed by atoms with E-state index in [2.05, 4.69) is 221 Å². The maximum atomic E-state index is 5.42. The third kappa shape index (κ3) is 5.53. The molecule has 0 saturated heterocycles. The van der Waals surface area contributed by atoms with Crippen LogP contribution in [0.5, 0.6) is 0 Å². The first-order valence-corrected chi connectivity index (χ1v) is 20.4. The van der Waals surface area contributed by atoms with Crippen molar-refractivity contribution in [1.29, 1.82) is 0 Å². The number of rotatable bonds is 6. The van der Waals surface area contributed by atoms with Gasteiger partial charge in [-0.3, -0.25) is 0 Å². The van der Waals surface area contributed by atoms with Crippen molar-refractivity contribution in [2.45, 2.75) is 0 Å². The quantitative estimate of drug-likeness (QED) is 0.169. The van der Waals surface area contributed by atoms with Gasteiger partial charge in [0.2, 0.25) is 0 Å². The number of hydrogen-bond donors (Lipinski definition) is 0. The van der Waals surface area contributed by atoms with Crippen molar-refractivity contribution in [3.8, 4) is 56.4 Å². The van der Waals surface area contributed by atoms with Crippen molar-refractivity contribution < 1.29 is 0 Å². The van der Waals surface area contributed by atoms with Crippen LogP contribution in [0.1, 0.15) is 0 Å². The summed E-state index contributed by atoms with van der Waals surface area (Å²) in [5.41, 5.74) is 14.0. The smallest absolute Gasteiger partial charge is 0.160 e. The Morgan fingerprint density at radius 2 is 0.817 bits per heavy atom. The molecular formula is C56H36N4. The Bertz CT molecular complexity index is 3580. The summed E-state index contributed by atoms with van der Waals surface area (Å²) in [7, 11) is 0. The molecule has 0 N–H and O–H groups in total. The molecule has 0 aliphatic heterocycles. The van der Waals surface area contributed by atoms with Crippen LogP contribution in [0.2, 0.25) is 0 Å². The fraction of sp³-hybridized carbons (Fsp3) is 0. The van der Waals surface area contributed by atoms with Crippen molar-refractivity contribution in [2.24, 2.45) is 0 Å². The van der Waals surface area contributed by atoms with Gasteiger partial charge in [0.05, 0.1) is 33.5 Å². The zero-order chi connectivity index (χ0) is 39.6. The highest BCUT2D eigenvalue weighted by Crippen LogP contribution is 2.41. The van der Waals surface area contributed by atoms with Crippen LogP contribution in [0.3, 0.4) is 0 Å². The van der Waals surface area contributed by atoms with Crippen LogP contribution >= 0.6 is 0 Å². The van der Waals surface area contributed by atoms with E-state index in [0.29, 0.717) is 5.82 Å². The average molecular weight is 765 g/mol. The molecule has 12 rings (SSSR count). The van der Waals surface area contributed by atoms with E-state index >= 15 is 0 Å². The number of nitrogens with zero attached hydrogens (tertiary/aromatic N) is 4. The van der Waals surface area contributed by atoms with E-state index in [4.69, 9.17) is 9.97 Å². The average Bonchev–Trinajstić information content (AvgIpc) is 3.83. The molecule has 0 fully saturated rings. The second-order valence-electron chi connectivity index (χ2n) is 15.4. The van der Waals surface area contributed by atoms with E-state index in [-0.39, 0.29) is 0 Å². The molecule has 0 radical (unpaired) electrons. The maximum absolute atomic E-state index is 5.42. The number of para-hydroxylation sites is 3. The third-order valence-corrected chi connectivity index (χ3v) is 11.9. The molecule has 0 atom stereocenters. The number of benzene rings is 9. The lowest BCUT2D eigenvalue weighted by Gasteiger charge is -2.15. The summed E-state index contributed by atoms with van der Waals surface area (Å²) in [5.74, 6) is 0.687. The Balaban J connectivity index is 1.13. The number of aromatic nitrogens is 4. The monoisotopic (exact) mass is 764 g/mol. The molecule has 0 amide bonds. The van der Waals surface area contributed by atoms with Crippen LogP contribution < -0.4 is 0 Å². The van der Waals surface area contributed by atoms with Gasteiger partial charge in [0.25, 0.3) is 0 Å². The van der Waals surface area contributed by atoms with Gasteiger partial charge in [-0.2, -0.15) is 0 Å². The Labute approximate surface area is 346 Å². The van der Waals surface area contributed by atoms with Crippen LogP contribution in [-0.2, 0) is 0 Å². The minimum absolute atomic E-state index is 0.687. The lowest BCUT2D eigenvalue weighted by molar-refractivity contribution is 1.16. The van der Waals surface area contributed by atoms with Gasteiger partial charge < -0.3 is 9.13 Å². The Morgan fingerprint density at radius 3 is 1.52 bits per heavy atom. The van der Waals surface area contributed by atoms with Crippen LogP contribution in [0.4, 0.5) is 0 Å². The van der Waals surface area contributed by atoms with E-state index in [1.165, 1.54) is 32.6 Å². The summed E-state index contributed by atoms with van der Waals surface area (Å²) >= 11 is 0. The molecule has 0 aliphatic rings. The number of hydrogen-bond acceptors (Lipinski definition) is 2. The molecule has 3 heterocycles. The molecule has 60 heavy (non-hydrogen) atoms. The molecule has 0 spiro atoms. The molecule has 0 bridgehead atoms. The summed E-state index contributed by atoms with van der Waals surface area (Å²) in [6.45, 7) is 0. The summed E-state index contributed by atoms with van der Waals surface area (Å²) < 4.78 is 4.84. The topological polar surface area (TPSA) is 35.6 Å². The third-order valence-electron chi connectivity index (χ3n) is 11.9. The van der Waals surface area contributed by atoms with Gasteiger partial charge in [0.1, 0.15) is 0 Å². The van der Waals surface area contributed by atoms with Gasteiger partial charge in [-0.05, 0) is 82.6 Å². The van der Waals surface area contributed by atoms with E-state index in [9.17, 15) is 0 Å². The molecule has 12 aromatic rings. The second-order valence-corrected chi connectivity index (χ2v) is 15.4. The Kier molecular flexibility index (Phi) is 7.82. The summed E-state index contributed by atoms with van der Waals surface area (Å²) in [6.07, 6.45) is 0. The first-order valence-electron chi connectivity index (χ1n) is 20.4. The zero-order valence-electron chi connectivity index (χ0n) is 32.6. The van der Waals surface area contributed by atoms with Crippen LogP contribution in [-0.4, -0.2) is 19.1 Å². The summed E-state index contributed by atoms with van der Waals surface area (Å²) in [5, 5.41) is 7.19. The molecule has 0 aliphatic carbocycles. The largest absolute Gasteiger partial charge is 0.309 e. The highest BCUT2D eigenvalue weighted by atomic mass is 15.0. The Morgan fingerprint density at radius 1 is 0.283 bits per heavy atom. The zero-order valence-corrected chi connectivity index (χ0v) is 32.6. The first kappa shape index (κ1) is 34.0. The van der Waals surface area contributed by atoms with Gasteiger partial charge >= 0.3 is 0 Å². The minimum Gasteiger partial charge on any atom is -0.309 e. The molecule has 0 saturated carbocycles. The Hall–Kier alpha value is -8.08.